The summed E-state index contributed by atoms with van der Waals surface area (Å²) in [6.45, 7) is 0. The first kappa shape index (κ1) is 18.5. The highest BCUT2D eigenvalue weighted by molar-refractivity contribution is 5.87. The average molecular weight is 345 g/mol. The monoisotopic (exact) mass is 344 g/mol. The van der Waals surface area contributed by atoms with Crippen LogP contribution >= 0.6 is 12.4 Å². The van der Waals surface area contributed by atoms with E-state index in [0.29, 0.717) is 6.04 Å². The van der Waals surface area contributed by atoms with Crippen molar-refractivity contribution in [3.05, 3.63) is 71.8 Å². The lowest BCUT2D eigenvalue weighted by Gasteiger charge is -2.28. The Labute approximate surface area is 150 Å². The van der Waals surface area contributed by atoms with Crippen molar-refractivity contribution in [3.63, 3.8) is 0 Å². The van der Waals surface area contributed by atoms with Crippen molar-refractivity contribution in [1.29, 1.82) is 0 Å². The first-order chi connectivity index (χ1) is 11.2. The lowest BCUT2D eigenvalue weighted by molar-refractivity contribution is -0.122. The van der Waals surface area contributed by atoms with Gasteiger partial charge in [0.25, 0.3) is 0 Å². The van der Waals surface area contributed by atoms with Crippen LogP contribution in [0.2, 0.25) is 0 Å². The molecule has 1 saturated carbocycles. The Morgan fingerprint density at radius 3 is 1.79 bits per heavy atom. The number of nitrogens with one attached hydrogen (secondary N) is 1. The van der Waals surface area contributed by atoms with Gasteiger partial charge in [-0.15, -0.1) is 12.4 Å². The van der Waals surface area contributed by atoms with Crippen molar-refractivity contribution in [2.24, 2.45) is 5.73 Å². The van der Waals surface area contributed by atoms with Crippen LogP contribution in [0.4, 0.5) is 0 Å². The molecule has 2 aromatic rings. The van der Waals surface area contributed by atoms with E-state index in [1.54, 1.807) is 0 Å². The number of benzene rings is 2. The molecule has 0 unspecified atom stereocenters. The van der Waals surface area contributed by atoms with E-state index in [1.165, 1.54) is 0 Å². The van der Waals surface area contributed by atoms with Crippen molar-refractivity contribution in [2.75, 3.05) is 0 Å². The van der Waals surface area contributed by atoms with E-state index in [0.717, 1.165) is 36.8 Å². The average Bonchev–Trinajstić information content (AvgIpc) is 2.59. The molecule has 0 aliphatic heterocycles. The van der Waals surface area contributed by atoms with Gasteiger partial charge >= 0.3 is 0 Å². The molecule has 0 saturated heterocycles. The third-order valence-electron chi connectivity index (χ3n) is 4.65. The van der Waals surface area contributed by atoms with Gasteiger partial charge in [-0.05, 0) is 36.8 Å². The lowest BCUT2D eigenvalue weighted by atomic mass is 9.88. The minimum absolute atomic E-state index is 0. The van der Waals surface area contributed by atoms with Crippen molar-refractivity contribution in [3.8, 4) is 0 Å². The molecule has 128 valence electrons. The van der Waals surface area contributed by atoms with E-state index in [4.69, 9.17) is 5.73 Å². The lowest BCUT2D eigenvalue weighted by Crippen LogP contribution is -2.42. The standard InChI is InChI=1S/C20H24N2O.ClH/c21-17-11-13-18(14-12-17)22-20(23)19(15-7-3-1-4-8-15)16-9-5-2-6-10-16;/h1-10,17-19H,11-14,21H2,(H,22,23);1H. The van der Waals surface area contributed by atoms with Gasteiger partial charge in [0.05, 0.1) is 5.92 Å². The van der Waals surface area contributed by atoms with Gasteiger partial charge in [-0.3, -0.25) is 4.79 Å². The van der Waals surface area contributed by atoms with Crippen LogP contribution in [0.3, 0.4) is 0 Å². The van der Waals surface area contributed by atoms with Crippen molar-refractivity contribution in [1.82, 2.24) is 5.32 Å². The molecule has 2 aromatic carbocycles. The Balaban J connectivity index is 0.00000208. The molecule has 0 aromatic heterocycles. The smallest absolute Gasteiger partial charge is 0.232 e. The molecule has 3 rings (SSSR count). The van der Waals surface area contributed by atoms with Gasteiger partial charge in [-0.2, -0.15) is 0 Å². The quantitative estimate of drug-likeness (QED) is 0.889. The summed E-state index contributed by atoms with van der Waals surface area (Å²) in [4.78, 5) is 13.0. The SMILES string of the molecule is Cl.NC1CCC(NC(=O)C(c2ccccc2)c2ccccc2)CC1. The van der Waals surface area contributed by atoms with Crippen molar-refractivity contribution < 1.29 is 4.79 Å². The van der Waals surface area contributed by atoms with Crippen LogP contribution in [0.5, 0.6) is 0 Å². The molecule has 1 aliphatic rings. The third kappa shape index (κ3) is 4.59. The van der Waals surface area contributed by atoms with E-state index in [-0.39, 0.29) is 30.3 Å². The van der Waals surface area contributed by atoms with Crippen LogP contribution in [-0.2, 0) is 4.79 Å². The molecule has 1 amide bonds. The summed E-state index contributed by atoms with van der Waals surface area (Å²) in [5.74, 6) is -0.170. The highest BCUT2D eigenvalue weighted by Crippen LogP contribution is 2.26. The molecule has 1 fully saturated rings. The van der Waals surface area contributed by atoms with Crippen molar-refractivity contribution in [2.45, 2.75) is 43.7 Å². The molecule has 0 bridgehead atoms. The molecule has 0 spiro atoms. The number of carbonyl (C=O) groups is 1. The maximum absolute atomic E-state index is 13.0. The molecule has 4 heteroatoms. The van der Waals surface area contributed by atoms with Gasteiger partial charge < -0.3 is 11.1 Å². The summed E-state index contributed by atoms with van der Waals surface area (Å²) < 4.78 is 0. The predicted molar refractivity (Wildman–Crippen MR) is 100 cm³/mol. The fraction of sp³-hybridized carbons (Fsp3) is 0.350. The van der Waals surface area contributed by atoms with Gasteiger partial charge in [0.15, 0.2) is 0 Å². The molecular formula is C20H25ClN2O. The molecule has 3 N–H and O–H groups in total. The van der Waals surface area contributed by atoms with Crippen LogP contribution in [0.1, 0.15) is 42.7 Å². The maximum Gasteiger partial charge on any atom is 0.232 e. The number of hydrogen-bond donors (Lipinski definition) is 2. The van der Waals surface area contributed by atoms with Crippen LogP contribution in [0.15, 0.2) is 60.7 Å². The van der Waals surface area contributed by atoms with Gasteiger partial charge in [0.1, 0.15) is 0 Å². The normalized spacial score (nSPS) is 20.2. The van der Waals surface area contributed by atoms with E-state index in [1.807, 2.05) is 60.7 Å². The molecule has 0 radical (unpaired) electrons. The van der Waals surface area contributed by atoms with Gasteiger partial charge in [-0.1, -0.05) is 60.7 Å². The third-order valence-corrected chi connectivity index (χ3v) is 4.65. The molecule has 0 heterocycles. The zero-order valence-corrected chi connectivity index (χ0v) is 14.5. The van der Waals surface area contributed by atoms with Crippen LogP contribution in [-0.4, -0.2) is 18.0 Å². The fourth-order valence-corrected chi connectivity index (χ4v) is 3.33. The van der Waals surface area contributed by atoms with E-state index in [2.05, 4.69) is 5.32 Å². The second-order valence-electron chi connectivity index (χ2n) is 6.37. The second kappa shape index (κ2) is 8.86. The fourth-order valence-electron chi connectivity index (χ4n) is 3.33. The molecule has 3 nitrogen and oxygen atoms in total. The zero-order valence-electron chi connectivity index (χ0n) is 13.7. The van der Waals surface area contributed by atoms with E-state index in [9.17, 15) is 4.79 Å². The van der Waals surface area contributed by atoms with Gasteiger partial charge in [-0.25, -0.2) is 0 Å². The predicted octanol–water partition coefficient (Wildman–Crippen LogP) is 3.63. The summed E-state index contributed by atoms with van der Waals surface area (Å²) in [5, 5.41) is 3.24. The number of carbonyl (C=O) groups excluding carboxylic acids is 1. The highest BCUT2D eigenvalue weighted by atomic mass is 35.5. The summed E-state index contributed by atoms with van der Waals surface area (Å²) in [6, 6.07) is 20.5. The zero-order chi connectivity index (χ0) is 16.1. The molecule has 0 atom stereocenters. The minimum atomic E-state index is -0.256. The summed E-state index contributed by atoms with van der Waals surface area (Å²) in [7, 11) is 0. The summed E-state index contributed by atoms with van der Waals surface area (Å²) >= 11 is 0. The Hall–Kier alpha value is -1.84. The largest absolute Gasteiger partial charge is 0.353 e. The maximum atomic E-state index is 13.0. The van der Waals surface area contributed by atoms with Gasteiger partial charge in [0, 0.05) is 12.1 Å². The molecular weight excluding hydrogens is 320 g/mol. The Morgan fingerprint density at radius 1 is 0.875 bits per heavy atom. The van der Waals surface area contributed by atoms with E-state index >= 15 is 0 Å². The van der Waals surface area contributed by atoms with Gasteiger partial charge in [0.2, 0.25) is 5.91 Å². The highest BCUT2D eigenvalue weighted by Gasteiger charge is 2.26. The topological polar surface area (TPSA) is 55.1 Å². The van der Waals surface area contributed by atoms with Crippen LogP contribution in [0.25, 0.3) is 0 Å². The Kier molecular flexibility index (Phi) is 6.83. The number of hydrogen-bond acceptors (Lipinski definition) is 2. The van der Waals surface area contributed by atoms with Crippen LogP contribution in [0, 0.1) is 0 Å². The second-order valence-corrected chi connectivity index (χ2v) is 6.37. The Morgan fingerprint density at radius 2 is 1.33 bits per heavy atom. The number of amides is 1. The van der Waals surface area contributed by atoms with Crippen LogP contribution < -0.4 is 11.1 Å². The Bertz CT molecular complexity index is 585. The first-order valence-corrected chi connectivity index (χ1v) is 8.40. The van der Waals surface area contributed by atoms with Crippen molar-refractivity contribution >= 4 is 18.3 Å². The number of halogens is 1. The number of nitrogens with two attached hydrogens (primary N) is 1. The molecule has 1 aliphatic carbocycles. The molecule has 24 heavy (non-hydrogen) atoms. The first-order valence-electron chi connectivity index (χ1n) is 8.40. The van der Waals surface area contributed by atoms with E-state index < -0.39 is 0 Å². The summed E-state index contributed by atoms with van der Waals surface area (Å²) in [6.07, 6.45) is 3.94. The number of rotatable bonds is 4. The minimum Gasteiger partial charge on any atom is -0.353 e. The summed E-state index contributed by atoms with van der Waals surface area (Å²) in [5.41, 5.74) is 8.02.